The summed E-state index contributed by atoms with van der Waals surface area (Å²) >= 11 is 5.44. The zero-order valence-corrected chi connectivity index (χ0v) is 10.0. The minimum absolute atomic E-state index is 0.110. The lowest BCUT2D eigenvalue weighted by Gasteiger charge is -2.12. The van der Waals surface area contributed by atoms with Crippen LogP contribution in [0.1, 0.15) is 17.2 Å². The molecule has 0 spiro atoms. The van der Waals surface area contributed by atoms with E-state index in [-0.39, 0.29) is 17.0 Å². The van der Waals surface area contributed by atoms with Crippen molar-refractivity contribution in [2.45, 2.75) is 12.5 Å². The summed E-state index contributed by atoms with van der Waals surface area (Å²) in [4.78, 5) is 3.89. The quantitative estimate of drug-likeness (QED) is 0.868. The number of halogens is 3. The van der Waals surface area contributed by atoms with E-state index in [0.717, 1.165) is 17.7 Å². The third-order valence-corrected chi connectivity index (χ3v) is 2.84. The Bertz CT molecular complexity index is 548. The molecule has 0 radical (unpaired) electrons. The normalized spacial score (nSPS) is 12.4. The smallest absolute Gasteiger partial charge is 0.142 e. The summed E-state index contributed by atoms with van der Waals surface area (Å²) in [6, 6.07) is 5.23. The number of rotatable bonds is 3. The third kappa shape index (κ3) is 2.83. The van der Waals surface area contributed by atoms with Crippen LogP contribution in [0.5, 0.6) is 0 Å². The number of aliphatic hydroxyl groups is 1. The van der Waals surface area contributed by atoms with Gasteiger partial charge in [-0.1, -0.05) is 17.7 Å². The van der Waals surface area contributed by atoms with Crippen molar-refractivity contribution >= 4 is 11.6 Å². The second-order valence-corrected chi connectivity index (χ2v) is 4.28. The summed E-state index contributed by atoms with van der Waals surface area (Å²) in [7, 11) is 0. The molecule has 0 amide bonds. The molecule has 1 aromatic heterocycles. The second kappa shape index (κ2) is 5.42. The molecule has 18 heavy (non-hydrogen) atoms. The van der Waals surface area contributed by atoms with Crippen molar-refractivity contribution < 1.29 is 13.9 Å². The first-order valence-electron chi connectivity index (χ1n) is 5.29. The minimum Gasteiger partial charge on any atom is -0.388 e. The van der Waals surface area contributed by atoms with Crippen LogP contribution in [0.25, 0.3) is 0 Å². The van der Waals surface area contributed by atoms with Gasteiger partial charge in [0.05, 0.1) is 11.1 Å². The molecule has 0 saturated heterocycles. The maximum absolute atomic E-state index is 13.6. The molecule has 1 unspecified atom stereocenters. The highest BCUT2D eigenvalue weighted by Crippen LogP contribution is 2.25. The molecule has 1 N–H and O–H groups in total. The summed E-state index contributed by atoms with van der Waals surface area (Å²) < 4.78 is 26.8. The van der Waals surface area contributed by atoms with Crippen LogP contribution in [0.2, 0.25) is 5.02 Å². The van der Waals surface area contributed by atoms with Gasteiger partial charge in [-0.15, -0.1) is 0 Å². The molecule has 1 heterocycles. The average Bonchev–Trinajstić information content (AvgIpc) is 2.35. The molecular formula is C13H10ClF2NO. The molecule has 0 fully saturated rings. The fourth-order valence-electron chi connectivity index (χ4n) is 1.65. The number of hydrogen-bond donors (Lipinski definition) is 1. The van der Waals surface area contributed by atoms with Gasteiger partial charge in [0.2, 0.25) is 0 Å². The molecule has 5 heteroatoms. The lowest BCUT2D eigenvalue weighted by Crippen LogP contribution is -2.05. The number of aliphatic hydroxyl groups excluding tert-OH is 1. The molecule has 2 aromatic rings. The van der Waals surface area contributed by atoms with Crippen molar-refractivity contribution in [1.29, 1.82) is 0 Å². The van der Waals surface area contributed by atoms with Crippen molar-refractivity contribution in [3.8, 4) is 0 Å². The van der Waals surface area contributed by atoms with Crippen molar-refractivity contribution in [3.05, 3.63) is 64.4 Å². The van der Waals surface area contributed by atoms with E-state index < -0.39 is 17.7 Å². The third-order valence-electron chi connectivity index (χ3n) is 2.55. The van der Waals surface area contributed by atoms with Crippen LogP contribution in [0.4, 0.5) is 8.78 Å². The van der Waals surface area contributed by atoms with E-state index in [1.54, 1.807) is 24.5 Å². The summed E-state index contributed by atoms with van der Waals surface area (Å²) in [5, 5.41) is 9.59. The lowest BCUT2D eigenvalue weighted by atomic mass is 10.0. The predicted octanol–water partition coefficient (Wildman–Crippen LogP) is 3.29. The van der Waals surface area contributed by atoms with Crippen LogP contribution < -0.4 is 0 Å². The van der Waals surface area contributed by atoms with Crippen LogP contribution in [0.3, 0.4) is 0 Å². The maximum atomic E-state index is 13.6. The van der Waals surface area contributed by atoms with Gasteiger partial charge >= 0.3 is 0 Å². The molecule has 1 atom stereocenters. The minimum atomic E-state index is -1.14. The highest BCUT2D eigenvalue weighted by atomic mass is 35.5. The molecular weight excluding hydrogens is 260 g/mol. The Hall–Kier alpha value is -1.52. The standard InChI is InChI=1S/C13H10ClF2NO/c14-10-6-11(15)9(5-12(10)16)13(18)4-8-2-1-3-17-7-8/h1-3,5-7,13,18H,4H2. The maximum Gasteiger partial charge on any atom is 0.142 e. The fourth-order valence-corrected chi connectivity index (χ4v) is 1.80. The topological polar surface area (TPSA) is 33.1 Å². The molecule has 0 saturated carbocycles. The Morgan fingerprint density at radius 2 is 2.06 bits per heavy atom. The van der Waals surface area contributed by atoms with Gasteiger partial charge in [0.15, 0.2) is 0 Å². The lowest BCUT2D eigenvalue weighted by molar-refractivity contribution is 0.173. The summed E-state index contributed by atoms with van der Waals surface area (Å²) in [6.07, 6.45) is 2.18. The Morgan fingerprint density at radius 3 is 2.72 bits per heavy atom. The Kier molecular flexibility index (Phi) is 3.89. The van der Waals surface area contributed by atoms with Gasteiger partial charge in [0.25, 0.3) is 0 Å². The monoisotopic (exact) mass is 269 g/mol. The number of benzene rings is 1. The van der Waals surface area contributed by atoms with E-state index in [1.165, 1.54) is 0 Å². The van der Waals surface area contributed by atoms with Crippen LogP contribution >= 0.6 is 11.6 Å². The van der Waals surface area contributed by atoms with Crippen molar-refractivity contribution in [3.63, 3.8) is 0 Å². The van der Waals surface area contributed by atoms with E-state index in [2.05, 4.69) is 4.98 Å². The van der Waals surface area contributed by atoms with E-state index in [1.807, 2.05) is 0 Å². The molecule has 0 bridgehead atoms. The van der Waals surface area contributed by atoms with Gasteiger partial charge in [-0.05, 0) is 23.8 Å². The second-order valence-electron chi connectivity index (χ2n) is 3.87. The summed E-state index contributed by atoms with van der Waals surface area (Å²) in [5.41, 5.74) is 0.625. The van der Waals surface area contributed by atoms with Crippen LogP contribution in [0, 0.1) is 11.6 Å². The van der Waals surface area contributed by atoms with Crippen LogP contribution in [-0.2, 0) is 6.42 Å². The molecule has 0 aliphatic rings. The predicted molar refractivity (Wildman–Crippen MR) is 64.3 cm³/mol. The van der Waals surface area contributed by atoms with Gasteiger partial charge in [-0.25, -0.2) is 8.78 Å². The summed E-state index contributed by atoms with van der Waals surface area (Å²) in [6.45, 7) is 0. The Morgan fingerprint density at radius 1 is 1.28 bits per heavy atom. The van der Waals surface area contributed by atoms with Crippen LogP contribution in [-0.4, -0.2) is 10.1 Å². The zero-order chi connectivity index (χ0) is 13.1. The summed E-state index contributed by atoms with van der Waals surface area (Å²) in [5.74, 6) is -1.48. The van der Waals surface area contributed by atoms with Gasteiger partial charge in [0, 0.05) is 24.4 Å². The number of pyridine rings is 1. The fraction of sp³-hybridized carbons (Fsp3) is 0.154. The van der Waals surface area contributed by atoms with E-state index in [9.17, 15) is 13.9 Å². The van der Waals surface area contributed by atoms with E-state index in [0.29, 0.717) is 0 Å². The molecule has 0 aliphatic heterocycles. The van der Waals surface area contributed by atoms with Gasteiger partial charge in [-0.2, -0.15) is 0 Å². The highest BCUT2D eigenvalue weighted by Gasteiger charge is 2.16. The van der Waals surface area contributed by atoms with E-state index in [4.69, 9.17) is 11.6 Å². The Balaban J connectivity index is 2.24. The molecule has 94 valence electrons. The van der Waals surface area contributed by atoms with Gasteiger partial charge in [0.1, 0.15) is 11.6 Å². The molecule has 2 rings (SSSR count). The SMILES string of the molecule is OC(Cc1cccnc1)c1cc(F)c(Cl)cc1F. The van der Waals surface area contributed by atoms with Gasteiger partial charge < -0.3 is 5.11 Å². The van der Waals surface area contributed by atoms with Crippen molar-refractivity contribution in [2.75, 3.05) is 0 Å². The first kappa shape index (κ1) is 12.9. The Labute approximate surface area is 108 Å². The first-order chi connectivity index (χ1) is 8.58. The molecule has 2 nitrogen and oxygen atoms in total. The average molecular weight is 270 g/mol. The molecule has 1 aromatic carbocycles. The number of hydrogen-bond acceptors (Lipinski definition) is 2. The molecule has 0 aliphatic carbocycles. The van der Waals surface area contributed by atoms with Gasteiger partial charge in [-0.3, -0.25) is 4.98 Å². The van der Waals surface area contributed by atoms with Crippen LogP contribution in [0.15, 0.2) is 36.7 Å². The number of nitrogens with zero attached hydrogens (tertiary/aromatic N) is 1. The first-order valence-corrected chi connectivity index (χ1v) is 5.67. The number of aromatic nitrogens is 1. The zero-order valence-electron chi connectivity index (χ0n) is 9.28. The van der Waals surface area contributed by atoms with Crippen molar-refractivity contribution in [2.24, 2.45) is 0 Å². The highest BCUT2D eigenvalue weighted by molar-refractivity contribution is 6.30. The van der Waals surface area contributed by atoms with Crippen molar-refractivity contribution in [1.82, 2.24) is 4.98 Å². The largest absolute Gasteiger partial charge is 0.388 e. The van der Waals surface area contributed by atoms with E-state index >= 15 is 0 Å².